The standard InChI is InChI=1S/C12H10ClN3O2/c1-7-6-8(2-3-9(7)17)12(18)14-11-5-4-10(13)15-16-11/h2-6,17H,1H3,(H,14,16,18). The molecule has 0 aliphatic heterocycles. The molecule has 2 rings (SSSR count). The minimum Gasteiger partial charge on any atom is -0.508 e. The van der Waals surface area contributed by atoms with E-state index < -0.39 is 0 Å². The van der Waals surface area contributed by atoms with Crippen molar-refractivity contribution in [2.24, 2.45) is 0 Å². The van der Waals surface area contributed by atoms with E-state index in [0.29, 0.717) is 16.9 Å². The average molecular weight is 264 g/mol. The van der Waals surface area contributed by atoms with Gasteiger partial charge in [0.25, 0.3) is 5.91 Å². The lowest BCUT2D eigenvalue weighted by atomic mass is 10.1. The number of rotatable bonds is 2. The highest BCUT2D eigenvalue weighted by atomic mass is 35.5. The number of aromatic nitrogens is 2. The number of anilines is 1. The first-order chi connectivity index (χ1) is 8.56. The van der Waals surface area contributed by atoms with E-state index >= 15 is 0 Å². The molecule has 0 aliphatic carbocycles. The Bertz CT molecular complexity index is 584. The smallest absolute Gasteiger partial charge is 0.256 e. The van der Waals surface area contributed by atoms with Gasteiger partial charge in [0.15, 0.2) is 11.0 Å². The van der Waals surface area contributed by atoms with Crippen molar-refractivity contribution in [1.29, 1.82) is 0 Å². The van der Waals surface area contributed by atoms with Crippen LogP contribution in [0.4, 0.5) is 5.82 Å². The third-order valence-electron chi connectivity index (χ3n) is 2.33. The van der Waals surface area contributed by atoms with Crippen LogP contribution in [0.5, 0.6) is 5.75 Å². The van der Waals surface area contributed by atoms with Crippen LogP contribution >= 0.6 is 11.6 Å². The van der Waals surface area contributed by atoms with Gasteiger partial charge in [-0.05, 0) is 42.8 Å². The van der Waals surface area contributed by atoms with Gasteiger partial charge in [0.1, 0.15) is 5.75 Å². The fourth-order valence-corrected chi connectivity index (χ4v) is 1.47. The van der Waals surface area contributed by atoms with Crippen LogP contribution in [-0.4, -0.2) is 21.2 Å². The first-order valence-electron chi connectivity index (χ1n) is 5.16. The number of amides is 1. The van der Waals surface area contributed by atoms with Crippen molar-refractivity contribution in [1.82, 2.24) is 10.2 Å². The van der Waals surface area contributed by atoms with Crippen LogP contribution in [0.25, 0.3) is 0 Å². The molecule has 5 nitrogen and oxygen atoms in total. The summed E-state index contributed by atoms with van der Waals surface area (Å²) in [6.07, 6.45) is 0. The molecular weight excluding hydrogens is 254 g/mol. The highest BCUT2D eigenvalue weighted by Crippen LogP contribution is 2.17. The zero-order valence-corrected chi connectivity index (χ0v) is 10.3. The van der Waals surface area contributed by atoms with E-state index in [1.807, 2.05) is 0 Å². The number of aromatic hydroxyl groups is 1. The van der Waals surface area contributed by atoms with Gasteiger partial charge in [0, 0.05) is 5.56 Å². The second kappa shape index (κ2) is 5.01. The van der Waals surface area contributed by atoms with Gasteiger partial charge in [0.05, 0.1) is 0 Å². The highest BCUT2D eigenvalue weighted by molar-refractivity contribution is 6.29. The summed E-state index contributed by atoms with van der Waals surface area (Å²) in [7, 11) is 0. The number of aryl methyl sites for hydroxylation is 1. The zero-order chi connectivity index (χ0) is 13.1. The molecule has 0 aliphatic rings. The number of nitrogens with one attached hydrogen (secondary N) is 1. The number of carbonyl (C=O) groups is 1. The van der Waals surface area contributed by atoms with Crippen LogP contribution in [-0.2, 0) is 0 Å². The molecule has 1 aromatic heterocycles. The molecule has 0 spiro atoms. The summed E-state index contributed by atoms with van der Waals surface area (Å²) in [5.41, 5.74) is 1.06. The molecule has 0 fully saturated rings. The van der Waals surface area contributed by atoms with E-state index in [9.17, 15) is 9.90 Å². The lowest BCUT2D eigenvalue weighted by Gasteiger charge is -2.05. The molecule has 0 saturated carbocycles. The maximum absolute atomic E-state index is 11.9. The topological polar surface area (TPSA) is 75.1 Å². The first-order valence-corrected chi connectivity index (χ1v) is 5.54. The number of nitrogens with zero attached hydrogens (tertiary/aromatic N) is 2. The van der Waals surface area contributed by atoms with Crippen molar-refractivity contribution in [3.63, 3.8) is 0 Å². The van der Waals surface area contributed by atoms with Crippen molar-refractivity contribution in [3.05, 3.63) is 46.6 Å². The molecule has 0 saturated heterocycles. The Morgan fingerprint density at radius 3 is 2.67 bits per heavy atom. The van der Waals surface area contributed by atoms with Crippen molar-refractivity contribution in [3.8, 4) is 5.75 Å². The molecule has 2 aromatic rings. The van der Waals surface area contributed by atoms with Crippen molar-refractivity contribution >= 4 is 23.3 Å². The van der Waals surface area contributed by atoms with Crippen molar-refractivity contribution < 1.29 is 9.90 Å². The number of carbonyl (C=O) groups excluding carboxylic acids is 1. The summed E-state index contributed by atoms with van der Waals surface area (Å²) in [5.74, 6) is 0.141. The van der Waals surface area contributed by atoms with Crippen LogP contribution in [0, 0.1) is 6.92 Å². The number of halogens is 1. The summed E-state index contributed by atoms with van der Waals surface area (Å²) < 4.78 is 0. The Morgan fingerprint density at radius 2 is 2.06 bits per heavy atom. The minimum atomic E-state index is -0.324. The lowest BCUT2D eigenvalue weighted by molar-refractivity contribution is 0.102. The number of phenolic OH excluding ortho intramolecular Hbond substituents is 1. The molecule has 0 unspecified atom stereocenters. The maximum atomic E-state index is 11.9. The Hall–Kier alpha value is -2.14. The van der Waals surface area contributed by atoms with Crippen LogP contribution in [0.3, 0.4) is 0 Å². The van der Waals surface area contributed by atoms with Gasteiger partial charge in [-0.15, -0.1) is 10.2 Å². The summed E-state index contributed by atoms with van der Waals surface area (Å²) in [5, 5.41) is 19.6. The summed E-state index contributed by atoms with van der Waals surface area (Å²) in [6, 6.07) is 7.68. The Morgan fingerprint density at radius 1 is 1.28 bits per heavy atom. The number of phenols is 1. The van der Waals surface area contributed by atoms with E-state index in [1.54, 1.807) is 19.1 Å². The maximum Gasteiger partial charge on any atom is 0.256 e. The van der Waals surface area contributed by atoms with Crippen LogP contribution in [0.2, 0.25) is 5.15 Å². The second-order valence-corrected chi connectivity index (χ2v) is 4.08. The molecule has 6 heteroatoms. The molecule has 2 N–H and O–H groups in total. The predicted molar refractivity (Wildman–Crippen MR) is 67.8 cm³/mol. The molecule has 0 radical (unpaired) electrons. The molecular formula is C12H10ClN3O2. The Kier molecular flexibility index (Phi) is 3.43. The lowest BCUT2D eigenvalue weighted by Crippen LogP contribution is -2.13. The Labute approximate surface area is 108 Å². The largest absolute Gasteiger partial charge is 0.508 e. The second-order valence-electron chi connectivity index (χ2n) is 3.70. The van der Waals surface area contributed by atoms with Crippen LogP contribution in [0.15, 0.2) is 30.3 Å². The van der Waals surface area contributed by atoms with Gasteiger partial charge >= 0.3 is 0 Å². The van der Waals surface area contributed by atoms with Crippen molar-refractivity contribution in [2.75, 3.05) is 5.32 Å². The van der Waals surface area contributed by atoms with Gasteiger partial charge in [0.2, 0.25) is 0 Å². The fourth-order valence-electron chi connectivity index (χ4n) is 1.37. The number of hydrogen-bond acceptors (Lipinski definition) is 4. The van der Waals surface area contributed by atoms with E-state index in [0.717, 1.165) is 0 Å². The summed E-state index contributed by atoms with van der Waals surface area (Å²) in [6.45, 7) is 1.72. The molecule has 18 heavy (non-hydrogen) atoms. The molecule has 0 atom stereocenters. The van der Waals surface area contributed by atoms with Crippen LogP contribution < -0.4 is 5.32 Å². The average Bonchev–Trinajstić information content (AvgIpc) is 2.35. The van der Waals surface area contributed by atoms with E-state index in [2.05, 4.69) is 15.5 Å². The van der Waals surface area contributed by atoms with E-state index in [1.165, 1.54) is 18.2 Å². The SMILES string of the molecule is Cc1cc(C(=O)Nc2ccc(Cl)nn2)ccc1O. The Balaban J connectivity index is 2.16. The highest BCUT2D eigenvalue weighted by Gasteiger charge is 2.08. The van der Waals surface area contributed by atoms with E-state index in [-0.39, 0.29) is 16.8 Å². The molecule has 1 aromatic carbocycles. The molecule has 92 valence electrons. The third-order valence-corrected chi connectivity index (χ3v) is 2.53. The van der Waals surface area contributed by atoms with Crippen molar-refractivity contribution in [2.45, 2.75) is 6.92 Å². The van der Waals surface area contributed by atoms with Gasteiger partial charge in [-0.2, -0.15) is 0 Å². The third kappa shape index (κ3) is 2.75. The number of hydrogen-bond donors (Lipinski definition) is 2. The normalized spacial score (nSPS) is 10.1. The molecule has 0 bridgehead atoms. The minimum absolute atomic E-state index is 0.151. The van der Waals surface area contributed by atoms with Gasteiger partial charge < -0.3 is 10.4 Å². The summed E-state index contributed by atoms with van der Waals surface area (Å²) >= 11 is 5.59. The molecule has 1 heterocycles. The first kappa shape index (κ1) is 12.3. The monoisotopic (exact) mass is 263 g/mol. The quantitative estimate of drug-likeness (QED) is 0.872. The van der Waals surface area contributed by atoms with E-state index in [4.69, 9.17) is 11.6 Å². The molecule has 1 amide bonds. The van der Waals surface area contributed by atoms with Gasteiger partial charge in [-0.1, -0.05) is 11.6 Å². The number of benzene rings is 1. The summed E-state index contributed by atoms with van der Waals surface area (Å²) in [4.78, 5) is 11.9. The fraction of sp³-hybridized carbons (Fsp3) is 0.0833. The zero-order valence-electron chi connectivity index (χ0n) is 9.51. The van der Waals surface area contributed by atoms with Gasteiger partial charge in [-0.3, -0.25) is 4.79 Å². The van der Waals surface area contributed by atoms with Crippen LogP contribution in [0.1, 0.15) is 15.9 Å². The predicted octanol–water partition coefficient (Wildman–Crippen LogP) is 2.40. The van der Waals surface area contributed by atoms with Gasteiger partial charge in [-0.25, -0.2) is 0 Å².